The second kappa shape index (κ2) is 7.43. The maximum absolute atomic E-state index is 13.7. The molecule has 2 aromatic carbocycles. The zero-order chi connectivity index (χ0) is 18.8. The van der Waals surface area contributed by atoms with Crippen LogP contribution in [0.5, 0.6) is 0 Å². The number of carbonyl (C=O) groups is 2. The number of carbonyl (C=O) groups excluding carboxylic acids is 1. The third-order valence-electron chi connectivity index (χ3n) is 4.43. The van der Waals surface area contributed by atoms with Gasteiger partial charge in [0, 0.05) is 12.3 Å². The summed E-state index contributed by atoms with van der Waals surface area (Å²) >= 11 is 5.71. The molecule has 2 N–H and O–H groups in total. The number of aromatic carboxylic acids is 1. The van der Waals surface area contributed by atoms with Gasteiger partial charge in [-0.25, -0.2) is 9.18 Å². The molecular formula is C19H17ClFNO4. The fraction of sp³-hybridized carbons (Fsp3) is 0.263. The Hall–Kier alpha value is -2.44. The van der Waals surface area contributed by atoms with Gasteiger partial charge in [0.2, 0.25) is 5.91 Å². The summed E-state index contributed by atoms with van der Waals surface area (Å²) in [6.45, 7) is 2.06. The summed E-state index contributed by atoms with van der Waals surface area (Å²) < 4.78 is 19.4. The third-order valence-corrected chi connectivity index (χ3v) is 4.73. The summed E-state index contributed by atoms with van der Waals surface area (Å²) in [6.07, 6.45) is -0.0476. The number of hydrogen-bond donors (Lipinski definition) is 2. The number of hydrogen-bond acceptors (Lipinski definition) is 3. The zero-order valence-corrected chi connectivity index (χ0v) is 14.7. The molecule has 5 nitrogen and oxygen atoms in total. The van der Waals surface area contributed by atoms with Crippen molar-refractivity contribution in [2.45, 2.75) is 19.4 Å². The Labute approximate surface area is 154 Å². The summed E-state index contributed by atoms with van der Waals surface area (Å²) in [4.78, 5) is 23.7. The number of benzene rings is 2. The van der Waals surface area contributed by atoms with Crippen molar-refractivity contribution in [3.8, 4) is 0 Å². The molecule has 1 aliphatic rings. The number of carboxylic acids is 1. The molecule has 1 heterocycles. The lowest BCUT2D eigenvalue weighted by Crippen LogP contribution is -2.25. The molecule has 0 bridgehead atoms. The van der Waals surface area contributed by atoms with Gasteiger partial charge in [-0.05, 0) is 54.8 Å². The van der Waals surface area contributed by atoms with E-state index in [2.05, 4.69) is 5.32 Å². The normalized spacial score (nSPS) is 19.3. The first-order chi connectivity index (χ1) is 12.4. The van der Waals surface area contributed by atoms with Gasteiger partial charge in [-0.1, -0.05) is 17.7 Å². The highest BCUT2D eigenvalue weighted by atomic mass is 35.5. The van der Waals surface area contributed by atoms with Crippen molar-refractivity contribution < 1.29 is 23.8 Å². The lowest BCUT2D eigenvalue weighted by Gasteiger charge is -2.19. The van der Waals surface area contributed by atoms with E-state index in [0.29, 0.717) is 29.8 Å². The highest BCUT2D eigenvalue weighted by Gasteiger charge is 2.35. The number of carboxylic acid groups (broad SMARTS) is 1. The molecule has 0 radical (unpaired) electrons. The standard InChI is InChI=1S/C19H17ClFNO4/c1-10-8-12(3-4-13(10)19(24)25)22-18(23)14-6-7-26-17(14)11-2-5-15(20)16(21)9-11/h2-5,8-9,14,17H,6-7H2,1H3,(H,22,23)(H,24,25)/t14-,17+/m1/s1. The van der Waals surface area contributed by atoms with Crippen LogP contribution in [0.4, 0.5) is 10.1 Å². The van der Waals surface area contributed by atoms with Crippen LogP contribution in [0.1, 0.15) is 34.0 Å². The van der Waals surface area contributed by atoms with E-state index in [0.717, 1.165) is 0 Å². The van der Waals surface area contributed by atoms with Gasteiger partial charge in [0.25, 0.3) is 0 Å². The summed E-state index contributed by atoms with van der Waals surface area (Å²) in [5, 5.41) is 11.9. The predicted molar refractivity (Wildman–Crippen MR) is 95.0 cm³/mol. The fourth-order valence-corrected chi connectivity index (χ4v) is 3.21. The number of amides is 1. The minimum absolute atomic E-state index is 0.0155. The molecule has 136 valence electrons. The average Bonchev–Trinajstić information content (AvgIpc) is 3.07. The van der Waals surface area contributed by atoms with Crippen LogP contribution in [-0.4, -0.2) is 23.6 Å². The molecule has 1 amide bonds. The minimum atomic E-state index is -1.02. The van der Waals surface area contributed by atoms with E-state index >= 15 is 0 Å². The molecular weight excluding hydrogens is 361 g/mol. The van der Waals surface area contributed by atoms with E-state index < -0.39 is 23.8 Å². The molecule has 26 heavy (non-hydrogen) atoms. The van der Waals surface area contributed by atoms with E-state index in [-0.39, 0.29) is 16.5 Å². The van der Waals surface area contributed by atoms with E-state index in [4.69, 9.17) is 21.4 Å². The maximum Gasteiger partial charge on any atom is 0.335 e. The van der Waals surface area contributed by atoms with E-state index in [1.807, 2.05) is 0 Å². The molecule has 0 aromatic heterocycles. The van der Waals surface area contributed by atoms with Crippen molar-refractivity contribution in [2.75, 3.05) is 11.9 Å². The Bertz CT molecular complexity index is 871. The molecule has 0 unspecified atom stereocenters. The largest absolute Gasteiger partial charge is 0.478 e. The smallest absolute Gasteiger partial charge is 0.335 e. The molecule has 7 heteroatoms. The van der Waals surface area contributed by atoms with Gasteiger partial charge in [-0.2, -0.15) is 0 Å². The first-order valence-electron chi connectivity index (χ1n) is 8.08. The minimum Gasteiger partial charge on any atom is -0.478 e. The quantitative estimate of drug-likeness (QED) is 0.837. The molecule has 1 aliphatic heterocycles. The highest BCUT2D eigenvalue weighted by Crippen LogP contribution is 2.36. The van der Waals surface area contributed by atoms with Gasteiger partial charge in [-0.3, -0.25) is 4.79 Å². The van der Waals surface area contributed by atoms with Crippen LogP contribution in [-0.2, 0) is 9.53 Å². The van der Waals surface area contributed by atoms with Crippen LogP contribution in [0.15, 0.2) is 36.4 Å². The molecule has 1 fully saturated rings. The number of anilines is 1. The van der Waals surface area contributed by atoms with Crippen LogP contribution < -0.4 is 5.32 Å². The topological polar surface area (TPSA) is 75.6 Å². The van der Waals surface area contributed by atoms with Crippen LogP contribution in [0, 0.1) is 18.7 Å². The van der Waals surface area contributed by atoms with Crippen molar-refractivity contribution >= 4 is 29.2 Å². The van der Waals surface area contributed by atoms with Crippen LogP contribution in [0.25, 0.3) is 0 Å². The molecule has 3 rings (SSSR count). The summed E-state index contributed by atoms with van der Waals surface area (Å²) in [5.74, 6) is -2.31. The van der Waals surface area contributed by atoms with Crippen molar-refractivity contribution in [3.05, 3.63) is 63.9 Å². The predicted octanol–water partition coefficient (Wildman–Crippen LogP) is 4.20. The molecule has 0 saturated carbocycles. The summed E-state index contributed by atoms with van der Waals surface area (Å²) in [5.41, 5.74) is 1.79. The van der Waals surface area contributed by atoms with E-state index in [9.17, 15) is 14.0 Å². The van der Waals surface area contributed by atoms with Gasteiger partial charge < -0.3 is 15.2 Å². The van der Waals surface area contributed by atoms with E-state index in [1.54, 1.807) is 25.1 Å². The molecule has 2 atom stereocenters. The van der Waals surface area contributed by atoms with E-state index in [1.165, 1.54) is 18.2 Å². The van der Waals surface area contributed by atoms with Gasteiger partial charge in [0.05, 0.1) is 22.6 Å². The van der Waals surface area contributed by atoms with Crippen molar-refractivity contribution in [1.29, 1.82) is 0 Å². The second-order valence-corrected chi connectivity index (χ2v) is 6.59. The van der Waals surface area contributed by atoms with Gasteiger partial charge in [0.15, 0.2) is 0 Å². The molecule has 0 spiro atoms. The van der Waals surface area contributed by atoms with Crippen molar-refractivity contribution in [3.63, 3.8) is 0 Å². The van der Waals surface area contributed by atoms with Gasteiger partial charge in [-0.15, -0.1) is 0 Å². The number of nitrogens with one attached hydrogen (secondary N) is 1. The molecule has 2 aromatic rings. The van der Waals surface area contributed by atoms with Crippen molar-refractivity contribution in [2.24, 2.45) is 5.92 Å². The Morgan fingerprint density at radius 1 is 1.27 bits per heavy atom. The number of halogens is 2. The Morgan fingerprint density at radius 3 is 2.69 bits per heavy atom. The Kier molecular flexibility index (Phi) is 5.25. The zero-order valence-electron chi connectivity index (χ0n) is 14.0. The monoisotopic (exact) mass is 377 g/mol. The van der Waals surface area contributed by atoms with Crippen LogP contribution >= 0.6 is 11.6 Å². The van der Waals surface area contributed by atoms with Crippen LogP contribution in [0.3, 0.4) is 0 Å². The number of rotatable bonds is 4. The highest BCUT2D eigenvalue weighted by molar-refractivity contribution is 6.30. The number of ether oxygens (including phenoxy) is 1. The Balaban J connectivity index is 1.77. The average molecular weight is 378 g/mol. The van der Waals surface area contributed by atoms with Crippen molar-refractivity contribution in [1.82, 2.24) is 0 Å². The first kappa shape index (κ1) is 18.4. The lowest BCUT2D eigenvalue weighted by molar-refractivity contribution is -0.121. The lowest BCUT2D eigenvalue weighted by atomic mass is 9.94. The first-order valence-corrected chi connectivity index (χ1v) is 8.46. The maximum atomic E-state index is 13.7. The molecule has 1 saturated heterocycles. The SMILES string of the molecule is Cc1cc(NC(=O)[C@@H]2CCO[C@H]2c2ccc(Cl)c(F)c2)ccc1C(=O)O. The second-order valence-electron chi connectivity index (χ2n) is 6.18. The van der Waals surface area contributed by atoms with Gasteiger partial charge >= 0.3 is 5.97 Å². The Morgan fingerprint density at radius 2 is 2.04 bits per heavy atom. The summed E-state index contributed by atoms with van der Waals surface area (Å²) in [7, 11) is 0. The molecule has 0 aliphatic carbocycles. The number of aryl methyl sites for hydroxylation is 1. The summed E-state index contributed by atoms with van der Waals surface area (Å²) in [6, 6.07) is 8.97. The van der Waals surface area contributed by atoms with Crippen LogP contribution in [0.2, 0.25) is 5.02 Å². The fourth-order valence-electron chi connectivity index (χ4n) is 3.09. The third kappa shape index (κ3) is 3.71. The van der Waals surface area contributed by atoms with Gasteiger partial charge in [0.1, 0.15) is 5.82 Å².